The number of nitrogens with zero attached hydrogens (tertiary/aromatic N) is 1. The fraction of sp³-hybridized carbons (Fsp3) is 0.438. The van der Waals surface area contributed by atoms with Crippen LogP contribution in [-0.4, -0.2) is 47.4 Å². The minimum Gasteiger partial charge on any atom is -0.478 e. The molecular weight excluding hydrogens is 284 g/mol. The number of benzene rings is 1. The van der Waals surface area contributed by atoms with Crippen molar-refractivity contribution in [3.8, 4) is 0 Å². The Balaban J connectivity index is 2.79. The van der Waals surface area contributed by atoms with Crippen LogP contribution in [0.15, 0.2) is 24.3 Å². The van der Waals surface area contributed by atoms with E-state index in [1.54, 1.807) is 0 Å². The van der Waals surface area contributed by atoms with Gasteiger partial charge in [-0.05, 0) is 37.1 Å². The molecule has 0 saturated heterocycles. The molecule has 120 valence electrons. The molecular formula is C16H22N2O4. The maximum absolute atomic E-state index is 12.4. The molecule has 6 heteroatoms. The SMILES string of the molecule is CCCNC(=O)CN(CCC)C(=O)c1ccc(C(=O)O)cc1. The fourth-order valence-electron chi connectivity index (χ4n) is 1.95. The number of nitrogens with one attached hydrogen (secondary N) is 1. The monoisotopic (exact) mass is 306 g/mol. The lowest BCUT2D eigenvalue weighted by Crippen LogP contribution is -2.41. The minimum atomic E-state index is -1.04. The topological polar surface area (TPSA) is 86.7 Å². The summed E-state index contributed by atoms with van der Waals surface area (Å²) >= 11 is 0. The molecule has 6 nitrogen and oxygen atoms in total. The van der Waals surface area contributed by atoms with Crippen LogP contribution in [0.5, 0.6) is 0 Å². The molecule has 1 aromatic rings. The third-order valence-electron chi connectivity index (χ3n) is 3.07. The van der Waals surface area contributed by atoms with Crippen LogP contribution in [0.2, 0.25) is 0 Å². The predicted octanol–water partition coefficient (Wildman–Crippen LogP) is 1.76. The molecule has 2 N–H and O–H groups in total. The number of carboxylic acids is 1. The summed E-state index contributed by atoms with van der Waals surface area (Å²) in [4.78, 5) is 36.5. The van der Waals surface area contributed by atoms with Gasteiger partial charge < -0.3 is 15.3 Å². The zero-order chi connectivity index (χ0) is 16.5. The van der Waals surface area contributed by atoms with Gasteiger partial charge in [-0.1, -0.05) is 13.8 Å². The van der Waals surface area contributed by atoms with Gasteiger partial charge in [0.25, 0.3) is 5.91 Å². The molecule has 0 aliphatic rings. The fourth-order valence-corrected chi connectivity index (χ4v) is 1.95. The molecule has 0 fully saturated rings. The summed E-state index contributed by atoms with van der Waals surface area (Å²) in [6.07, 6.45) is 1.57. The molecule has 0 aliphatic carbocycles. The molecule has 1 aromatic carbocycles. The van der Waals surface area contributed by atoms with Gasteiger partial charge in [-0.25, -0.2) is 4.79 Å². The third-order valence-corrected chi connectivity index (χ3v) is 3.07. The van der Waals surface area contributed by atoms with E-state index >= 15 is 0 Å². The number of hydrogen-bond donors (Lipinski definition) is 2. The summed E-state index contributed by atoms with van der Waals surface area (Å²) in [5, 5.41) is 11.6. The molecule has 0 radical (unpaired) electrons. The molecule has 0 aliphatic heterocycles. The van der Waals surface area contributed by atoms with Crippen LogP contribution in [0.1, 0.15) is 47.4 Å². The van der Waals surface area contributed by atoms with Crippen LogP contribution in [0, 0.1) is 0 Å². The highest BCUT2D eigenvalue weighted by molar-refractivity contribution is 5.97. The van der Waals surface area contributed by atoms with Gasteiger partial charge in [-0.3, -0.25) is 9.59 Å². The Kier molecular flexibility index (Phi) is 7.08. The number of carboxylic acid groups (broad SMARTS) is 1. The van der Waals surface area contributed by atoms with Crippen LogP contribution in [0.25, 0.3) is 0 Å². The quantitative estimate of drug-likeness (QED) is 0.766. The second-order valence-corrected chi connectivity index (χ2v) is 4.96. The number of aromatic carboxylic acids is 1. The predicted molar refractivity (Wildman–Crippen MR) is 82.9 cm³/mol. The summed E-state index contributed by atoms with van der Waals surface area (Å²) in [7, 11) is 0. The van der Waals surface area contributed by atoms with E-state index in [1.165, 1.54) is 29.2 Å². The molecule has 0 aromatic heterocycles. The van der Waals surface area contributed by atoms with E-state index in [2.05, 4.69) is 5.32 Å². The van der Waals surface area contributed by atoms with Crippen LogP contribution in [-0.2, 0) is 4.79 Å². The number of hydrogen-bond acceptors (Lipinski definition) is 3. The van der Waals surface area contributed by atoms with Crippen LogP contribution in [0.3, 0.4) is 0 Å². The second-order valence-electron chi connectivity index (χ2n) is 4.96. The van der Waals surface area contributed by atoms with Gasteiger partial charge in [0.2, 0.25) is 5.91 Å². The van der Waals surface area contributed by atoms with Gasteiger partial charge >= 0.3 is 5.97 Å². The van der Waals surface area contributed by atoms with Crippen LogP contribution in [0.4, 0.5) is 0 Å². The minimum absolute atomic E-state index is 0.00730. The largest absolute Gasteiger partial charge is 0.478 e. The number of amides is 2. The summed E-state index contributed by atoms with van der Waals surface area (Å²) in [6.45, 7) is 4.95. The van der Waals surface area contributed by atoms with Gasteiger partial charge in [0.15, 0.2) is 0 Å². The van der Waals surface area contributed by atoms with E-state index in [0.29, 0.717) is 18.7 Å². The maximum Gasteiger partial charge on any atom is 0.335 e. The molecule has 1 rings (SSSR count). The Morgan fingerprint density at radius 3 is 2.14 bits per heavy atom. The van der Waals surface area contributed by atoms with Crippen molar-refractivity contribution in [2.75, 3.05) is 19.6 Å². The van der Waals surface area contributed by atoms with Crippen molar-refractivity contribution in [1.82, 2.24) is 10.2 Å². The Bertz CT molecular complexity index is 525. The lowest BCUT2D eigenvalue weighted by molar-refractivity contribution is -0.121. The highest BCUT2D eigenvalue weighted by Gasteiger charge is 2.18. The van der Waals surface area contributed by atoms with Crippen LogP contribution < -0.4 is 5.32 Å². The molecule has 0 bridgehead atoms. The van der Waals surface area contributed by atoms with Crippen LogP contribution >= 0.6 is 0 Å². The van der Waals surface area contributed by atoms with Gasteiger partial charge in [0, 0.05) is 18.7 Å². The Hall–Kier alpha value is -2.37. The highest BCUT2D eigenvalue weighted by atomic mass is 16.4. The van der Waals surface area contributed by atoms with Crippen molar-refractivity contribution in [1.29, 1.82) is 0 Å². The van der Waals surface area contributed by atoms with Crippen molar-refractivity contribution in [3.63, 3.8) is 0 Å². The first-order chi connectivity index (χ1) is 10.5. The first-order valence-corrected chi connectivity index (χ1v) is 7.38. The zero-order valence-electron chi connectivity index (χ0n) is 13.0. The number of rotatable bonds is 8. The normalized spacial score (nSPS) is 10.1. The third kappa shape index (κ3) is 5.20. The highest BCUT2D eigenvalue weighted by Crippen LogP contribution is 2.08. The van der Waals surface area contributed by atoms with Crippen molar-refractivity contribution in [2.45, 2.75) is 26.7 Å². The zero-order valence-corrected chi connectivity index (χ0v) is 13.0. The summed E-state index contributed by atoms with van der Waals surface area (Å²) in [5.74, 6) is -1.50. The maximum atomic E-state index is 12.4. The molecule has 0 heterocycles. The Morgan fingerprint density at radius 1 is 1.05 bits per heavy atom. The van der Waals surface area contributed by atoms with E-state index in [9.17, 15) is 14.4 Å². The van der Waals surface area contributed by atoms with Crippen molar-refractivity contribution in [3.05, 3.63) is 35.4 Å². The smallest absolute Gasteiger partial charge is 0.335 e. The average molecular weight is 306 g/mol. The lowest BCUT2D eigenvalue weighted by atomic mass is 10.1. The molecule has 0 unspecified atom stereocenters. The van der Waals surface area contributed by atoms with E-state index < -0.39 is 5.97 Å². The molecule has 22 heavy (non-hydrogen) atoms. The van der Waals surface area contributed by atoms with E-state index in [4.69, 9.17) is 5.11 Å². The summed E-state index contributed by atoms with van der Waals surface area (Å²) < 4.78 is 0. The lowest BCUT2D eigenvalue weighted by Gasteiger charge is -2.21. The van der Waals surface area contributed by atoms with E-state index in [0.717, 1.165) is 12.8 Å². The van der Waals surface area contributed by atoms with Gasteiger partial charge in [0.05, 0.1) is 12.1 Å². The van der Waals surface area contributed by atoms with Crippen molar-refractivity contribution >= 4 is 17.8 Å². The molecule has 0 saturated carbocycles. The van der Waals surface area contributed by atoms with Gasteiger partial charge in [-0.2, -0.15) is 0 Å². The second kappa shape index (κ2) is 8.81. The Morgan fingerprint density at radius 2 is 1.64 bits per heavy atom. The first-order valence-electron chi connectivity index (χ1n) is 7.38. The number of carbonyl (C=O) groups excluding carboxylic acids is 2. The summed E-state index contributed by atoms with van der Waals surface area (Å²) in [6, 6.07) is 5.71. The first kappa shape index (κ1) is 17.7. The van der Waals surface area contributed by atoms with E-state index in [1.807, 2.05) is 13.8 Å². The molecule has 0 atom stereocenters. The van der Waals surface area contributed by atoms with Crippen molar-refractivity contribution in [2.24, 2.45) is 0 Å². The number of carbonyl (C=O) groups is 3. The van der Waals surface area contributed by atoms with E-state index in [-0.39, 0.29) is 23.9 Å². The van der Waals surface area contributed by atoms with Gasteiger partial charge in [-0.15, -0.1) is 0 Å². The Labute approximate surface area is 130 Å². The average Bonchev–Trinajstić information content (AvgIpc) is 2.52. The molecule has 0 spiro atoms. The van der Waals surface area contributed by atoms with Gasteiger partial charge in [0.1, 0.15) is 0 Å². The summed E-state index contributed by atoms with van der Waals surface area (Å²) in [5.41, 5.74) is 0.501. The standard InChI is InChI=1S/C16H22N2O4/c1-3-9-17-14(19)11-18(10-4-2)15(20)12-5-7-13(8-6-12)16(21)22/h5-8H,3-4,9-11H2,1-2H3,(H,17,19)(H,21,22). The van der Waals surface area contributed by atoms with Crippen molar-refractivity contribution < 1.29 is 19.5 Å². The molecule has 2 amide bonds.